The molecule has 0 aliphatic carbocycles. The summed E-state index contributed by atoms with van der Waals surface area (Å²) in [6.07, 6.45) is 0. The van der Waals surface area contributed by atoms with Gasteiger partial charge in [-0.25, -0.2) is 0 Å². The number of hydrogen-bond acceptors (Lipinski definition) is 7. The first-order chi connectivity index (χ1) is 32.2. The SMILES string of the molecule is c1ccc(-c2ccc(N(c3ccc4c(c3)oc3ccccc34)c3ccc4c(c3)sc3cc(N(c5ccc(-c6ccccc6)cc5)c5ccc6c(c5)oc5ccccc56)nnc34)cc2)cc1. The Bertz CT molecular complexity index is 3640. The number of furan rings is 2. The maximum Gasteiger partial charge on any atom is 0.161 e. The average Bonchev–Trinajstić information content (AvgIpc) is 4.05. The molecule has 0 fully saturated rings. The Morgan fingerprint density at radius 2 is 0.738 bits per heavy atom. The van der Waals surface area contributed by atoms with Crippen molar-refractivity contribution in [3.05, 3.63) is 218 Å². The van der Waals surface area contributed by atoms with E-state index in [1.807, 2.05) is 42.5 Å². The molecule has 0 bridgehead atoms. The van der Waals surface area contributed by atoms with E-state index in [1.165, 1.54) is 5.56 Å². The minimum absolute atomic E-state index is 0.714. The van der Waals surface area contributed by atoms with Gasteiger partial charge in [-0.05, 0) is 101 Å². The smallest absolute Gasteiger partial charge is 0.161 e. The van der Waals surface area contributed by atoms with Crippen LogP contribution in [-0.2, 0) is 0 Å². The van der Waals surface area contributed by atoms with Crippen molar-refractivity contribution in [2.45, 2.75) is 0 Å². The van der Waals surface area contributed by atoms with Gasteiger partial charge in [-0.15, -0.1) is 21.5 Å². The maximum atomic E-state index is 6.41. The molecule has 0 unspecified atom stereocenters. The number of hydrogen-bond donors (Lipinski definition) is 0. The Balaban J connectivity index is 0.929. The fraction of sp³-hybridized carbons (Fsp3) is 0. The molecular formula is C58H36N4O2S. The fourth-order valence-electron chi connectivity index (χ4n) is 9.22. The standard InChI is InChI=1S/C58H36N4O2S/c1-3-11-37(12-4-1)39-19-23-41(24-20-39)61(43-27-30-48-46-15-7-9-17-51(46)63-53(48)33-43)45-29-32-50-55(35-45)65-56-36-57(59-60-58(50)56)62(42-25-21-40(22-26-42)38-13-5-2-6-14-38)44-28-31-49-47-16-8-10-18-52(47)64-54(49)34-44/h1-36H. The Morgan fingerprint density at radius 3 is 1.31 bits per heavy atom. The molecule has 4 heterocycles. The monoisotopic (exact) mass is 852 g/mol. The third-order valence-electron chi connectivity index (χ3n) is 12.4. The molecule has 306 valence electrons. The highest BCUT2D eigenvalue weighted by Gasteiger charge is 2.21. The van der Waals surface area contributed by atoms with E-state index in [2.05, 4.69) is 186 Å². The van der Waals surface area contributed by atoms with E-state index in [-0.39, 0.29) is 0 Å². The molecular weight excluding hydrogens is 817 g/mol. The van der Waals surface area contributed by atoms with Crippen LogP contribution in [0.25, 0.3) is 86.4 Å². The van der Waals surface area contributed by atoms with Crippen LogP contribution in [0.1, 0.15) is 0 Å². The number of para-hydroxylation sites is 2. The summed E-state index contributed by atoms with van der Waals surface area (Å²) in [6.45, 7) is 0. The molecule has 0 N–H and O–H groups in total. The number of nitrogens with zero attached hydrogens (tertiary/aromatic N) is 4. The van der Waals surface area contributed by atoms with Crippen LogP contribution >= 0.6 is 11.3 Å². The lowest BCUT2D eigenvalue weighted by atomic mass is 10.0. The summed E-state index contributed by atoms with van der Waals surface area (Å²) in [5.41, 5.74) is 13.9. The van der Waals surface area contributed by atoms with Gasteiger partial charge >= 0.3 is 0 Å². The number of thiophene rings is 1. The molecule has 0 saturated carbocycles. The molecule has 9 aromatic carbocycles. The normalized spacial score (nSPS) is 11.7. The summed E-state index contributed by atoms with van der Waals surface area (Å²) in [6, 6.07) is 76.4. The first-order valence-corrected chi connectivity index (χ1v) is 22.4. The molecule has 0 amide bonds. The van der Waals surface area contributed by atoms with Crippen LogP contribution < -0.4 is 9.80 Å². The van der Waals surface area contributed by atoms with Crippen molar-refractivity contribution in [1.29, 1.82) is 0 Å². The average molecular weight is 853 g/mol. The fourth-order valence-corrected chi connectivity index (χ4v) is 10.3. The predicted molar refractivity (Wildman–Crippen MR) is 270 cm³/mol. The second kappa shape index (κ2) is 15.1. The predicted octanol–water partition coefficient (Wildman–Crippen LogP) is 16.9. The van der Waals surface area contributed by atoms with Crippen molar-refractivity contribution < 1.29 is 8.83 Å². The highest BCUT2D eigenvalue weighted by molar-refractivity contribution is 7.25. The van der Waals surface area contributed by atoms with E-state index in [0.717, 1.165) is 109 Å². The summed E-state index contributed by atoms with van der Waals surface area (Å²) >= 11 is 1.72. The minimum atomic E-state index is 0.714. The highest BCUT2D eigenvalue weighted by atomic mass is 32.1. The van der Waals surface area contributed by atoms with E-state index < -0.39 is 0 Å². The lowest BCUT2D eigenvalue weighted by Gasteiger charge is -2.25. The molecule has 13 aromatic rings. The molecule has 0 spiro atoms. The Hall–Kier alpha value is -8.52. The van der Waals surface area contributed by atoms with Gasteiger partial charge in [0.2, 0.25) is 0 Å². The number of benzene rings is 9. The first kappa shape index (κ1) is 37.1. The van der Waals surface area contributed by atoms with Gasteiger partial charge in [-0.1, -0.05) is 121 Å². The van der Waals surface area contributed by atoms with Gasteiger partial charge in [-0.2, -0.15) is 0 Å². The number of anilines is 6. The number of rotatable bonds is 8. The van der Waals surface area contributed by atoms with Crippen LogP contribution in [0.15, 0.2) is 227 Å². The van der Waals surface area contributed by atoms with Crippen molar-refractivity contribution in [3.8, 4) is 22.3 Å². The van der Waals surface area contributed by atoms with Gasteiger partial charge < -0.3 is 13.7 Å². The van der Waals surface area contributed by atoms with Crippen LogP contribution in [0.5, 0.6) is 0 Å². The number of aromatic nitrogens is 2. The van der Waals surface area contributed by atoms with Gasteiger partial charge in [-0.3, -0.25) is 4.90 Å². The zero-order valence-corrected chi connectivity index (χ0v) is 35.6. The van der Waals surface area contributed by atoms with Crippen LogP contribution in [0.3, 0.4) is 0 Å². The topological polar surface area (TPSA) is 58.5 Å². The quantitative estimate of drug-likeness (QED) is 0.152. The molecule has 0 atom stereocenters. The third kappa shape index (κ3) is 6.40. The van der Waals surface area contributed by atoms with Crippen LogP contribution in [0.4, 0.5) is 34.3 Å². The summed E-state index contributed by atoms with van der Waals surface area (Å²) in [4.78, 5) is 4.47. The Labute approximate surface area is 377 Å². The summed E-state index contributed by atoms with van der Waals surface area (Å²) in [7, 11) is 0. The molecule has 0 aliphatic rings. The lowest BCUT2D eigenvalue weighted by Crippen LogP contribution is -2.12. The largest absolute Gasteiger partial charge is 0.456 e. The second-order valence-electron chi connectivity index (χ2n) is 16.3. The van der Waals surface area contributed by atoms with Crippen molar-refractivity contribution in [2.75, 3.05) is 9.80 Å². The van der Waals surface area contributed by atoms with Crippen LogP contribution in [-0.4, -0.2) is 10.2 Å². The highest BCUT2D eigenvalue weighted by Crippen LogP contribution is 2.44. The third-order valence-corrected chi connectivity index (χ3v) is 13.5. The molecule has 65 heavy (non-hydrogen) atoms. The summed E-state index contributed by atoms with van der Waals surface area (Å²) < 4.78 is 15.0. The van der Waals surface area contributed by atoms with Crippen LogP contribution in [0, 0.1) is 0 Å². The van der Waals surface area contributed by atoms with Crippen molar-refractivity contribution in [3.63, 3.8) is 0 Å². The van der Waals surface area contributed by atoms with Gasteiger partial charge in [0.15, 0.2) is 5.82 Å². The molecule has 0 aliphatic heterocycles. The van der Waals surface area contributed by atoms with E-state index in [0.29, 0.717) is 5.82 Å². The zero-order chi connectivity index (χ0) is 42.8. The lowest BCUT2D eigenvalue weighted by molar-refractivity contribution is 0.668. The van der Waals surface area contributed by atoms with Gasteiger partial charge in [0.1, 0.15) is 27.8 Å². The number of fused-ring (bicyclic) bond motifs is 9. The van der Waals surface area contributed by atoms with E-state index in [1.54, 1.807) is 11.3 Å². The molecule has 6 nitrogen and oxygen atoms in total. The van der Waals surface area contributed by atoms with Crippen molar-refractivity contribution >= 4 is 110 Å². The molecule has 7 heteroatoms. The second-order valence-corrected chi connectivity index (χ2v) is 17.3. The summed E-state index contributed by atoms with van der Waals surface area (Å²) in [5.74, 6) is 0.714. The molecule has 0 radical (unpaired) electrons. The van der Waals surface area contributed by atoms with Crippen molar-refractivity contribution in [1.82, 2.24) is 10.2 Å². The van der Waals surface area contributed by atoms with Gasteiger partial charge in [0.05, 0.1) is 10.4 Å². The van der Waals surface area contributed by atoms with E-state index >= 15 is 0 Å². The maximum absolute atomic E-state index is 6.41. The Morgan fingerprint density at radius 1 is 0.308 bits per heavy atom. The molecule has 4 aromatic heterocycles. The Kier molecular flexibility index (Phi) is 8.60. The van der Waals surface area contributed by atoms with Crippen LogP contribution in [0.2, 0.25) is 0 Å². The van der Waals surface area contributed by atoms with Crippen molar-refractivity contribution in [2.24, 2.45) is 0 Å². The minimum Gasteiger partial charge on any atom is -0.456 e. The molecule has 13 rings (SSSR count). The molecule has 0 saturated heterocycles. The van der Waals surface area contributed by atoms with E-state index in [9.17, 15) is 0 Å². The summed E-state index contributed by atoms with van der Waals surface area (Å²) in [5, 5.41) is 15.3. The van der Waals surface area contributed by atoms with E-state index in [4.69, 9.17) is 19.0 Å². The zero-order valence-electron chi connectivity index (χ0n) is 34.8. The van der Waals surface area contributed by atoms with Gasteiger partial charge in [0.25, 0.3) is 0 Å². The first-order valence-electron chi connectivity index (χ1n) is 21.6. The van der Waals surface area contributed by atoms with Gasteiger partial charge in [0, 0.05) is 72.6 Å².